The van der Waals surface area contributed by atoms with E-state index in [0.29, 0.717) is 17.1 Å². The second kappa shape index (κ2) is 7.55. The van der Waals surface area contributed by atoms with Gasteiger partial charge >= 0.3 is 5.69 Å². The average molecular weight is 384 g/mol. The number of benzene rings is 1. The molecule has 0 saturated heterocycles. The Labute approximate surface area is 161 Å². The molecule has 2 heterocycles. The third kappa shape index (κ3) is 3.88. The summed E-state index contributed by atoms with van der Waals surface area (Å²) >= 11 is 0. The molecule has 0 aliphatic rings. The molecule has 0 radical (unpaired) electrons. The minimum absolute atomic E-state index is 0.0396. The van der Waals surface area contributed by atoms with Gasteiger partial charge in [0.25, 0.3) is 5.91 Å². The molecule has 1 aromatic carbocycles. The maximum absolute atomic E-state index is 12.4. The zero-order chi connectivity index (χ0) is 20.4. The molecule has 3 rings (SSSR count). The fraction of sp³-hybridized carbons (Fsp3) is 0.263. The van der Waals surface area contributed by atoms with Crippen molar-refractivity contribution in [1.82, 2.24) is 9.78 Å². The number of aromatic nitrogens is 2. The van der Waals surface area contributed by atoms with Crippen molar-refractivity contribution in [1.29, 1.82) is 0 Å². The predicted octanol–water partition coefficient (Wildman–Crippen LogP) is 3.68. The van der Waals surface area contributed by atoms with Gasteiger partial charge in [-0.2, -0.15) is 5.10 Å². The maximum atomic E-state index is 12.4. The van der Waals surface area contributed by atoms with E-state index in [2.05, 4.69) is 10.4 Å². The van der Waals surface area contributed by atoms with Gasteiger partial charge in [-0.05, 0) is 44.5 Å². The van der Waals surface area contributed by atoms with Crippen LogP contribution in [0.25, 0.3) is 0 Å². The number of furan rings is 1. The van der Waals surface area contributed by atoms with E-state index in [0.717, 1.165) is 11.3 Å². The van der Waals surface area contributed by atoms with Crippen molar-refractivity contribution in [2.45, 2.75) is 27.4 Å². The number of carbonyl (C=O) groups excluding carboxylic acids is 1. The molecular weight excluding hydrogens is 364 g/mol. The van der Waals surface area contributed by atoms with E-state index in [1.807, 2.05) is 6.92 Å². The SMILES string of the molecule is Cc1ccc(OCc2ccc(C(=O)Nc3c(C)nn(C)c3C)o2)c([N+](=O)[O-])c1. The first-order valence-electron chi connectivity index (χ1n) is 8.54. The van der Waals surface area contributed by atoms with Crippen LogP contribution in [0, 0.1) is 30.9 Å². The summed E-state index contributed by atoms with van der Waals surface area (Å²) in [6, 6.07) is 7.82. The summed E-state index contributed by atoms with van der Waals surface area (Å²) in [6.45, 7) is 5.38. The quantitative estimate of drug-likeness (QED) is 0.512. The number of nitro benzene ring substituents is 1. The van der Waals surface area contributed by atoms with Gasteiger partial charge in [-0.3, -0.25) is 19.6 Å². The van der Waals surface area contributed by atoms with Crippen LogP contribution in [0.1, 0.15) is 33.3 Å². The lowest BCUT2D eigenvalue weighted by Crippen LogP contribution is -2.12. The number of aryl methyl sites for hydroxylation is 3. The number of amides is 1. The van der Waals surface area contributed by atoms with Crippen molar-refractivity contribution in [3.05, 3.63) is 68.9 Å². The zero-order valence-corrected chi connectivity index (χ0v) is 16.0. The lowest BCUT2D eigenvalue weighted by Gasteiger charge is -2.06. The molecule has 9 heteroatoms. The van der Waals surface area contributed by atoms with Crippen molar-refractivity contribution in [3.63, 3.8) is 0 Å². The number of carbonyl (C=O) groups is 1. The Morgan fingerprint density at radius 3 is 2.68 bits per heavy atom. The highest BCUT2D eigenvalue weighted by atomic mass is 16.6. The predicted molar refractivity (Wildman–Crippen MR) is 102 cm³/mol. The second-order valence-corrected chi connectivity index (χ2v) is 6.41. The minimum Gasteiger partial charge on any atom is -0.479 e. The Hall–Kier alpha value is -3.62. The van der Waals surface area contributed by atoms with E-state index in [1.165, 1.54) is 18.2 Å². The molecule has 0 atom stereocenters. The fourth-order valence-corrected chi connectivity index (χ4v) is 2.75. The number of nitrogens with one attached hydrogen (secondary N) is 1. The highest BCUT2D eigenvalue weighted by Crippen LogP contribution is 2.28. The third-order valence-electron chi connectivity index (χ3n) is 4.31. The fourth-order valence-electron chi connectivity index (χ4n) is 2.75. The lowest BCUT2D eigenvalue weighted by atomic mass is 10.2. The summed E-state index contributed by atoms with van der Waals surface area (Å²) in [4.78, 5) is 23.1. The smallest absolute Gasteiger partial charge is 0.311 e. The van der Waals surface area contributed by atoms with E-state index < -0.39 is 10.8 Å². The van der Waals surface area contributed by atoms with Crippen LogP contribution >= 0.6 is 0 Å². The molecular formula is C19H20N4O5. The number of hydrogen-bond donors (Lipinski definition) is 1. The van der Waals surface area contributed by atoms with Gasteiger partial charge in [0.2, 0.25) is 0 Å². The van der Waals surface area contributed by atoms with Gasteiger partial charge in [0.1, 0.15) is 12.4 Å². The number of ether oxygens (including phenoxy) is 1. The summed E-state index contributed by atoms with van der Waals surface area (Å²) in [7, 11) is 1.80. The highest BCUT2D eigenvalue weighted by molar-refractivity contribution is 6.02. The van der Waals surface area contributed by atoms with Crippen molar-refractivity contribution in [2.75, 3.05) is 5.32 Å². The number of anilines is 1. The molecule has 146 valence electrons. The first-order chi connectivity index (χ1) is 13.3. The summed E-state index contributed by atoms with van der Waals surface area (Å²) in [5.41, 5.74) is 2.81. The summed E-state index contributed by atoms with van der Waals surface area (Å²) < 4.78 is 12.7. The number of hydrogen-bond acceptors (Lipinski definition) is 6. The highest BCUT2D eigenvalue weighted by Gasteiger charge is 2.18. The van der Waals surface area contributed by atoms with Crippen molar-refractivity contribution in [3.8, 4) is 5.75 Å². The normalized spacial score (nSPS) is 10.7. The zero-order valence-electron chi connectivity index (χ0n) is 16.0. The van der Waals surface area contributed by atoms with Crippen molar-refractivity contribution >= 4 is 17.3 Å². The Morgan fingerprint density at radius 2 is 2.04 bits per heavy atom. The second-order valence-electron chi connectivity index (χ2n) is 6.41. The van der Waals surface area contributed by atoms with Gasteiger partial charge in [-0.25, -0.2) is 0 Å². The minimum atomic E-state index is -0.498. The van der Waals surface area contributed by atoms with Crippen LogP contribution < -0.4 is 10.1 Å². The molecule has 0 saturated carbocycles. The van der Waals surface area contributed by atoms with Gasteiger partial charge in [0.05, 0.1) is 22.0 Å². The molecule has 1 amide bonds. The van der Waals surface area contributed by atoms with Crippen LogP contribution in [0.15, 0.2) is 34.7 Å². The Bertz CT molecular complexity index is 1050. The van der Waals surface area contributed by atoms with Crippen molar-refractivity contribution < 1.29 is 18.9 Å². The first kappa shape index (κ1) is 19.2. The van der Waals surface area contributed by atoms with Crippen LogP contribution in [0.2, 0.25) is 0 Å². The Morgan fingerprint density at radius 1 is 1.29 bits per heavy atom. The van der Waals surface area contributed by atoms with E-state index in [-0.39, 0.29) is 23.8 Å². The van der Waals surface area contributed by atoms with Crippen LogP contribution in [-0.2, 0) is 13.7 Å². The van der Waals surface area contributed by atoms with E-state index in [9.17, 15) is 14.9 Å². The molecule has 0 aliphatic heterocycles. The first-order valence-corrected chi connectivity index (χ1v) is 8.54. The van der Waals surface area contributed by atoms with Gasteiger partial charge in [-0.1, -0.05) is 6.07 Å². The molecule has 0 fully saturated rings. The van der Waals surface area contributed by atoms with Gasteiger partial charge < -0.3 is 14.5 Å². The van der Waals surface area contributed by atoms with Gasteiger partial charge in [0, 0.05) is 13.1 Å². The molecule has 0 unspecified atom stereocenters. The lowest BCUT2D eigenvalue weighted by molar-refractivity contribution is -0.386. The third-order valence-corrected chi connectivity index (χ3v) is 4.31. The van der Waals surface area contributed by atoms with Crippen LogP contribution in [0.5, 0.6) is 5.75 Å². The van der Waals surface area contributed by atoms with Gasteiger partial charge in [0.15, 0.2) is 11.5 Å². The molecule has 0 spiro atoms. The molecule has 1 N–H and O–H groups in total. The van der Waals surface area contributed by atoms with E-state index in [4.69, 9.17) is 9.15 Å². The Balaban J connectivity index is 1.69. The monoisotopic (exact) mass is 384 g/mol. The summed E-state index contributed by atoms with van der Waals surface area (Å²) in [6.07, 6.45) is 0. The van der Waals surface area contributed by atoms with Crippen LogP contribution in [0.3, 0.4) is 0 Å². The van der Waals surface area contributed by atoms with E-state index in [1.54, 1.807) is 37.7 Å². The van der Waals surface area contributed by atoms with E-state index >= 15 is 0 Å². The molecule has 28 heavy (non-hydrogen) atoms. The van der Waals surface area contributed by atoms with Crippen LogP contribution in [0.4, 0.5) is 11.4 Å². The molecule has 0 bridgehead atoms. The molecule has 3 aromatic rings. The average Bonchev–Trinajstić information content (AvgIpc) is 3.21. The number of nitro groups is 1. The number of rotatable bonds is 6. The molecule has 9 nitrogen and oxygen atoms in total. The maximum Gasteiger partial charge on any atom is 0.311 e. The molecule has 0 aliphatic carbocycles. The van der Waals surface area contributed by atoms with Gasteiger partial charge in [-0.15, -0.1) is 0 Å². The Kier molecular flexibility index (Phi) is 5.16. The standard InChI is InChI=1S/C19H20N4O5/c1-11-5-7-16(15(9-11)23(25)26)27-10-14-6-8-17(28-14)19(24)20-18-12(2)21-22(4)13(18)3/h5-9H,10H2,1-4H3,(H,20,24). The number of nitrogens with zero attached hydrogens (tertiary/aromatic N) is 3. The summed E-state index contributed by atoms with van der Waals surface area (Å²) in [5, 5.41) is 18.2. The topological polar surface area (TPSA) is 112 Å². The van der Waals surface area contributed by atoms with Crippen LogP contribution in [-0.4, -0.2) is 20.6 Å². The van der Waals surface area contributed by atoms with Crippen molar-refractivity contribution in [2.24, 2.45) is 7.05 Å². The summed E-state index contributed by atoms with van der Waals surface area (Å²) in [5.74, 6) is 0.214. The molecule has 2 aromatic heterocycles. The largest absolute Gasteiger partial charge is 0.479 e.